The zero-order valence-corrected chi connectivity index (χ0v) is 13.6. The summed E-state index contributed by atoms with van der Waals surface area (Å²) in [5, 5.41) is 0. The lowest BCUT2D eigenvalue weighted by molar-refractivity contribution is 0.197. The molecular weight excluding hydrogens is 204 g/mol. The molecule has 0 rings (SSSR count). The molecule has 0 amide bonds. The molecule has 0 aromatic carbocycles. The van der Waals surface area contributed by atoms with Crippen molar-refractivity contribution in [1.29, 1.82) is 0 Å². The van der Waals surface area contributed by atoms with Gasteiger partial charge in [-0.2, -0.15) is 0 Å². The molecule has 0 saturated carbocycles. The van der Waals surface area contributed by atoms with Crippen molar-refractivity contribution in [3.05, 3.63) is 6.42 Å². The molecule has 0 aliphatic carbocycles. The van der Waals surface area contributed by atoms with E-state index in [0.29, 0.717) is 10.8 Å². The summed E-state index contributed by atoms with van der Waals surface area (Å²) in [7, 11) is 0. The molecule has 0 aliphatic rings. The monoisotopic (exact) mass is 239 g/mol. The quantitative estimate of drug-likeness (QED) is 0.524. The van der Waals surface area contributed by atoms with Crippen LogP contribution in [-0.4, -0.2) is 0 Å². The van der Waals surface area contributed by atoms with Crippen LogP contribution in [0.5, 0.6) is 0 Å². The minimum atomic E-state index is 0.429. The summed E-state index contributed by atoms with van der Waals surface area (Å²) in [6.45, 7) is 18.8. The van der Waals surface area contributed by atoms with E-state index in [-0.39, 0.29) is 0 Å². The van der Waals surface area contributed by atoms with Gasteiger partial charge in [-0.3, -0.25) is 0 Å². The summed E-state index contributed by atoms with van der Waals surface area (Å²) in [5.74, 6) is 1.64. The van der Waals surface area contributed by atoms with Gasteiger partial charge >= 0.3 is 0 Å². The highest BCUT2D eigenvalue weighted by atomic mass is 14.3. The first-order valence-electron chi connectivity index (χ1n) is 7.42. The van der Waals surface area contributed by atoms with Crippen LogP contribution in [-0.2, 0) is 0 Å². The third kappa shape index (κ3) is 6.48. The van der Waals surface area contributed by atoms with Crippen LogP contribution < -0.4 is 0 Å². The van der Waals surface area contributed by atoms with Crippen LogP contribution in [0.4, 0.5) is 0 Å². The maximum Gasteiger partial charge on any atom is -0.0337 e. The van der Waals surface area contributed by atoms with Gasteiger partial charge in [-0.15, -0.1) is 0 Å². The molecule has 17 heavy (non-hydrogen) atoms. The highest BCUT2D eigenvalue weighted by Crippen LogP contribution is 2.36. The van der Waals surface area contributed by atoms with E-state index in [2.05, 4.69) is 61.8 Å². The average Bonchev–Trinajstić information content (AvgIpc) is 2.13. The molecule has 0 heteroatoms. The van der Waals surface area contributed by atoms with Crippen molar-refractivity contribution < 1.29 is 0 Å². The van der Waals surface area contributed by atoms with Crippen molar-refractivity contribution in [3.63, 3.8) is 0 Å². The molecule has 0 bridgehead atoms. The minimum absolute atomic E-state index is 0.429. The van der Waals surface area contributed by atoms with E-state index < -0.39 is 0 Å². The van der Waals surface area contributed by atoms with Crippen LogP contribution in [0.2, 0.25) is 0 Å². The number of hydrogen-bond donors (Lipinski definition) is 0. The van der Waals surface area contributed by atoms with Crippen molar-refractivity contribution >= 4 is 0 Å². The molecular formula is C17H35. The largest absolute Gasteiger partial charge is 0.0651 e. The zero-order valence-electron chi connectivity index (χ0n) is 13.6. The SMILES string of the molecule is C[CH]C(CCCC(CC)C(C)(C)C)C(C)(C)C. The smallest absolute Gasteiger partial charge is 0.0337 e. The zero-order chi connectivity index (χ0) is 13.7. The van der Waals surface area contributed by atoms with Crippen molar-refractivity contribution in [3.8, 4) is 0 Å². The lowest BCUT2D eigenvalue weighted by Gasteiger charge is -2.33. The Balaban J connectivity index is 4.13. The molecule has 2 unspecified atom stereocenters. The Morgan fingerprint density at radius 2 is 1.41 bits per heavy atom. The van der Waals surface area contributed by atoms with E-state index in [1.54, 1.807) is 0 Å². The summed E-state index contributed by atoms with van der Waals surface area (Å²) in [4.78, 5) is 0. The summed E-state index contributed by atoms with van der Waals surface area (Å²) >= 11 is 0. The predicted octanol–water partition coefficient (Wildman–Crippen LogP) is 6.12. The molecule has 2 atom stereocenters. The summed E-state index contributed by atoms with van der Waals surface area (Å²) in [5.41, 5.74) is 0.903. The van der Waals surface area contributed by atoms with Gasteiger partial charge in [0.15, 0.2) is 0 Å². The van der Waals surface area contributed by atoms with E-state index in [1.165, 1.54) is 25.7 Å². The summed E-state index contributed by atoms with van der Waals surface area (Å²) < 4.78 is 0. The molecule has 0 aromatic heterocycles. The Bertz CT molecular complexity index is 167. The Morgan fingerprint density at radius 3 is 1.71 bits per heavy atom. The van der Waals surface area contributed by atoms with Crippen LogP contribution in [0.15, 0.2) is 0 Å². The Hall–Kier alpha value is 0. The first kappa shape index (κ1) is 17.0. The fourth-order valence-corrected chi connectivity index (χ4v) is 2.93. The topological polar surface area (TPSA) is 0 Å². The van der Waals surface area contributed by atoms with Gasteiger partial charge in [-0.1, -0.05) is 68.2 Å². The number of hydrogen-bond acceptors (Lipinski definition) is 0. The standard InChI is InChI=1S/C17H35/c1-9-14(16(3,4)5)12-11-13-15(10-2)17(6,7)8/h9,14-15H,10-13H2,1-8H3. The molecule has 103 valence electrons. The molecule has 0 N–H and O–H groups in total. The Labute approximate surface area is 111 Å². The first-order chi connectivity index (χ1) is 7.62. The number of rotatable bonds is 6. The highest BCUT2D eigenvalue weighted by molar-refractivity contribution is 4.83. The summed E-state index contributed by atoms with van der Waals surface area (Å²) in [6.07, 6.45) is 7.84. The molecule has 0 saturated heterocycles. The minimum Gasteiger partial charge on any atom is -0.0651 e. The van der Waals surface area contributed by atoms with Gasteiger partial charge in [0.25, 0.3) is 0 Å². The third-order valence-corrected chi connectivity index (χ3v) is 4.30. The molecule has 0 aromatic rings. The van der Waals surface area contributed by atoms with Crippen LogP contribution in [0.25, 0.3) is 0 Å². The fraction of sp³-hybridized carbons (Fsp3) is 0.941. The van der Waals surface area contributed by atoms with Crippen LogP contribution in [0, 0.1) is 29.1 Å². The second kappa shape index (κ2) is 6.81. The van der Waals surface area contributed by atoms with Gasteiger partial charge in [0.05, 0.1) is 0 Å². The van der Waals surface area contributed by atoms with Crippen molar-refractivity contribution in [2.24, 2.45) is 22.7 Å². The third-order valence-electron chi connectivity index (χ3n) is 4.30. The molecule has 0 heterocycles. The van der Waals surface area contributed by atoms with Crippen LogP contribution in [0.3, 0.4) is 0 Å². The molecule has 1 radical (unpaired) electrons. The van der Waals surface area contributed by atoms with Crippen molar-refractivity contribution in [1.82, 2.24) is 0 Å². The lowest BCUT2D eigenvalue weighted by Crippen LogP contribution is -2.22. The predicted molar refractivity (Wildman–Crippen MR) is 80.0 cm³/mol. The van der Waals surface area contributed by atoms with Gasteiger partial charge in [-0.05, 0) is 41.9 Å². The molecule has 0 spiro atoms. The Kier molecular flexibility index (Phi) is 6.81. The maximum absolute atomic E-state index is 2.40. The van der Waals surface area contributed by atoms with Gasteiger partial charge in [0, 0.05) is 0 Å². The highest BCUT2D eigenvalue weighted by Gasteiger charge is 2.25. The van der Waals surface area contributed by atoms with Crippen molar-refractivity contribution in [2.45, 2.75) is 81.1 Å². The van der Waals surface area contributed by atoms with E-state index in [1.807, 2.05) is 0 Å². The van der Waals surface area contributed by atoms with Gasteiger partial charge in [0.1, 0.15) is 0 Å². The lowest BCUT2D eigenvalue weighted by atomic mass is 9.73. The van der Waals surface area contributed by atoms with E-state index in [4.69, 9.17) is 0 Å². The van der Waals surface area contributed by atoms with E-state index >= 15 is 0 Å². The average molecular weight is 239 g/mol. The van der Waals surface area contributed by atoms with E-state index in [9.17, 15) is 0 Å². The molecule has 0 fully saturated rings. The van der Waals surface area contributed by atoms with Crippen LogP contribution >= 0.6 is 0 Å². The van der Waals surface area contributed by atoms with Gasteiger partial charge < -0.3 is 0 Å². The normalized spacial score (nSPS) is 16.9. The van der Waals surface area contributed by atoms with Gasteiger partial charge in [0.2, 0.25) is 0 Å². The second-order valence-corrected chi connectivity index (χ2v) is 7.71. The van der Waals surface area contributed by atoms with E-state index in [0.717, 1.165) is 11.8 Å². The van der Waals surface area contributed by atoms with Crippen molar-refractivity contribution in [2.75, 3.05) is 0 Å². The fourth-order valence-electron chi connectivity index (χ4n) is 2.93. The Morgan fingerprint density at radius 1 is 0.882 bits per heavy atom. The van der Waals surface area contributed by atoms with Crippen LogP contribution in [0.1, 0.15) is 81.1 Å². The molecule has 0 nitrogen and oxygen atoms in total. The first-order valence-corrected chi connectivity index (χ1v) is 7.42. The molecule has 0 aliphatic heterocycles. The van der Waals surface area contributed by atoms with Gasteiger partial charge in [-0.25, -0.2) is 0 Å². The second-order valence-electron chi connectivity index (χ2n) is 7.71. The summed E-state index contributed by atoms with van der Waals surface area (Å²) in [6, 6.07) is 0. The maximum atomic E-state index is 2.40.